The minimum Gasteiger partial charge on any atom is -0.369 e. The molecule has 1 aliphatic heterocycles. The lowest BCUT2D eigenvalue weighted by atomic mass is 10.2. The molecule has 1 amide bonds. The van der Waals surface area contributed by atoms with E-state index in [0.717, 1.165) is 17.8 Å². The van der Waals surface area contributed by atoms with Gasteiger partial charge in [-0.3, -0.25) is 4.79 Å². The minimum atomic E-state index is -3.46. The molecule has 0 unspecified atom stereocenters. The van der Waals surface area contributed by atoms with Gasteiger partial charge >= 0.3 is 0 Å². The average Bonchev–Trinajstić information content (AvgIpc) is 2.72. The second-order valence-electron chi connectivity index (χ2n) is 6.74. The third-order valence-electron chi connectivity index (χ3n) is 4.81. The molecule has 29 heavy (non-hydrogen) atoms. The molecule has 0 aliphatic carbocycles. The molecule has 1 heterocycles. The Bertz CT molecular complexity index is 926. The van der Waals surface area contributed by atoms with Crippen molar-refractivity contribution in [1.82, 2.24) is 9.62 Å². The van der Waals surface area contributed by atoms with Crippen LogP contribution in [0.15, 0.2) is 48.5 Å². The monoisotopic (exact) mass is 423 g/mol. The number of anilines is 1. The fourth-order valence-corrected chi connectivity index (χ4v) is 4.74. The van der Waals surface area contributed by atoms with Gasteiger partial charge in [0.15, 0.2) is 0 Å². The second kappa shape index (κ2) is 9.32. The number of nitrogens with one attached hydrogen (secondary N) is 1. The third-order valence-corrected chi connectivity index (χ3v) is 6.76. The van der Waals surface area contributed by atoms with Crippen LogP contribution in [0.4, 0.5) is 14.5 Å². The van der Waals surface area contributed by atoms with Gasteiger partial charge in [0.2, 0.25) is 10.0 Å². The van der Waals surface area contributed by atoms with E-state index in [4.69, 9.17) is 0 Å². The lowest BCUT2D eigenvalue weighted by Gasteiger charge is -2.35. The molecular weight excluding hydrogens is 400 g/mol. The molecule has 0 bridgehead atoms. The maximum absolute atomic E-state index is 13.6. The Kier molecular flexibility index (Phi) is 6.81. The minimum absolute atomic E-state index is 0.00974. The van der Waals surface area contributed by atoms with E-state index in [1.54, 1.807) is 0 Å². The van der Waals surface area contributed by atoms with Crippen LogP contribution >= 0.6 is 0 Å². The number of rotatable bonds is 7. The molecule has 1 fully saturated rings. The summed E-state index contributed by atoms with van der Waals surface area (Å²) in [6, 6.07) is 13.0. The van der Waals surface area contributed by atoms with Gasteiger partial charge in [-0.25, -0.2) is 17.2 Å². The zero-order valence-corrected chi connectivity index (χ0v) is 16.7. The summed E-state index contributed by atoms with van der Waals surface area (Å²) in [5.74, 6) is -2.94. The van der Waals surface area contributed by atoms with E-state index in [1.165, 1.54) is 10.4 Å². The highest BCUT2D eigenvalue weighted by atomic mass is 32.2. The maximum Gasteiger partial charge on any atom is 0.257 e. The molecule has 2 aromatic carbocycles. The van der Waals surface area contributed by atoms with Crippen molar-refractivity contribution in [2.24, 2.45) is 0 Å². The Hall–Kier alpha value is -2.52. The average molecular weight is 423 g/mol. The van der Waals surface area contributed by atoms with Crippen LogP contribution in [0.5, 0.6) is 0 Å². The van der Waals surface area contributed by atoms with Crippen LogP contribution in [0.3, 0.4) is 0 Å². The van der Waals surface area contributed by atoms with Crippen LogP contribution in [0.2, 0.25) is 0 Å². The largest absolute Gasteiger partial charge is 0.369 e. The van der Waals surface area contributed by atoms with Gasteiger partial charge in [0.1, 0.15) is 17.2 Å². The number of hydrogen-bond donors (Lipinski definition) is 1. The van der Waals surface area contributed by atoms with Gasteiger partial charge in [-0.05, 0) is 30.7 Å². The number of benzene rings is 2. The standard InChI is InChI=1S/C20H23F2N3O3S/c21-17-8-4-9-18(22)19(17)20(26)23-10-5-15-29(27,28)25-13-11-24(12-14-25)16-6-2-1-3-7-16/h1-4,6-9H,5,10-15H2,(H,23,26). The Morgan fingerprint density at radius 1 is 0.931 bits per heavy atom. The quantitative estimate of drug-likeness (QED) is 0.694. The van der Waals surface area contributed by atoms with Crippen LogP contribution in [0.1, 0.15) is 16.8 Å². The predicted molar refractivity (Wildman–Crippen MR) is 107 cm³/mol. The van der Waals surface area contributed by atoms with Gasteiger partial charge in [-0.2, -0.15) is 4.31 Å². The molecule has 0 saturated carbocycles. The molecule has 2 aromatic rings. The van der Waals surface area contributed by atoms with Gasteiger partial charge in [-0.1, -0.05) is 24.3 Å². The summed E-state index contributed by atoms with van der Waals surface area (Å²) in [7, 11) is -3.46. The van der Waals surface area contributed by atoms with Crippen LogP contribution in [0.25, 0.3) is 0 Å². The van der Waals surface area contributed by atoms with E-state index in [0.29, 0.717) is 26.2 Å². The summed E-state index contributed by atoms with van der Waals surface area (Å²) in [6.07, 6.45) is 0.156. The number of piperazine rings is 1. The van der Waals surface area contributed by atoms with Crippen molar-refractivity contribution >= 4 is 21.6 Å². The number of para-hydroxylation sites is 1. The summed E-state index contributed by atoms with van der Waals surface area (Å²) < 4.78 is 53.7. The highest BCUT2D eigenvalue weighted by Crippen LogP contribution is 2.17. The van der Waals surface area contributed by atoms with Gasteiger partial charge in [0.25, 0.3) is 5.91 Å². The van der Waals surface area contributed by atoms with Crippen LogP contribution < -0.4 is 10.2 Å². The van der Waals surface area contributed by atoms with E-state index in [-0.39, 0.29) is 18.7 Å². The molecule has 0 aromatic heterocycles. The maximum atomic E-state index is 13.6. The molecule has 1 N–H and O–H groups in total. The van der Waals surface area contributed by atoms with Crippen molar-refractivity contribution < 1.29 is 22.0 Å². The molecule has 1 aliphatic rings. The zero-order chi connectivity index (χ0) is 20.9. The number of carbonyl (C=O) groups excluding carboxylic acids is 1. The van der Waals surface area contributed by atoms with E-state index in [2.05, 4.69) is 10.2 Å². The molecule has 0 spiro atoms. The zero-order valence-electron chi connectivity index (χ0n) is 15.9. The van der Waals surface area contributed by atoms with Crippen molar-refractivity contribution in [2.75, 3.05) is 43.4 Å². The van der Waals surface area contributed by atoms with Crippen molar-refractivity contribution in [3.05, 3.63) is 65.7 Å². The van der Waals surface area contributed by atoms with E-state index >= 15 is 0 Å². The normalized spacial score (nSPS) is 15.3. The number of carbonyl (C=O) groups is 1. The first-order valence-electron chi connectivity index (χ1n) is 9.38. The Morgan fingerprint density at radius 2 is 1.55 bits per heavy atom. The van der Waals surface area contributed by atoms with E-state index in [9.17, 15) is 22.0 Å². The predicted octanol–water partition coefficient (Wildman–Crippen LogP) is 2.24. The SMILES string of the molecule is O=C(NCCCS(=O)(=O)N1CCN(c2ccccc2)CC1)c1c(F)cccc1F. The van der Waals surface area contributed by atoms with Crippen molar-refractivity contribution in [1.29, 1.82) is 0 Å². The lowest BCUT2D eigenvalue weighted by Crippen LogP contribution is -2.49. The Balaban J connectivity index is 1.45. The molecule has 1 saturated heterocycles. The smallest absolute Gasteiger partial charge is 0.257 e. The molecule has 3 rings (SSSR count). The van der Waals surface area contributed by atoms with Gasteiger partial charge < -0.3 is 10.2 Å². The highest BCUT2D eigenvalue weighted by molar-refractivity contribution is 7.89. The Labute approximate surface area is 169 Å². The topological polar surface area (TPSA) is 69.7 Å². The summed E-state index contributed by atoms with van der Waals surface area (Å²) in [4.78, 5) is 14.1. The number of nitrogens with zero attached hydrogens (tertiary/aromatic N) is 2. The first-order chi connectivity index (χ1) is 13.9. The van der Waals surface area contributed by atoms with E-state index < -0.39 is 33.1 Å². The number of halogens is 2. The summed E-state index contributed by atoms with van der Waals surface area (Å²) in [6.45, 7) is 2.00. The molecule has 6 nitrogen and oxygen atoms in total. The van der Waals surface area contributed by atoms with Crippen molar-refractivity contribution in [3.8, 4) is 0 Å². The fraction of sp³-hybridized carbons (Fsp3) is 0.350. The number of hydrogen-bond acceptors (Lipinski definition) is 4. The number of amides is 1. The fourth-order valence-electron chi connectivity index (χ4n) is 3.25. The summed E-state index contributed by atoms with van der Waals surface area (Å²) in [5.41, 5.74) is 0.403. The van der Waals surface area contributed by atoms with Gasteiger partial charge in [-0.15, -0.1) is 0 Å². The second-order valence-corrected chi connectivity index (χ2v) is 8.83. The molecule has 156 valence electrons. The van der Waals surface area contributed by atoms with Crippen LogP contribution in [-0.4, -0.2) is 57.1 Å². The van der Waals surface area contributed by atoms with Gasteiger partial charge in [0.05, 0.1) is 5.75 Å². The van der Waals surface area contributed by atoms with Crippen molar-refractivity contribution in [2.45, 2.75) is 6.42 Å². The highest BCUT2D eigenvalue weighted by Gasteiger charge is 2.26. The molecule has 9 heteroatoms. The third kappa shape index (κ3) is 5.30. The Morgan fingerprint density at radius 3 is 2.17 bits per heavy atom. The van der Waals surface area contributed by atoms with Crippen molar-refractivity contribution in [3.63, 3.8) is 0 Å². The van der Waals surface area contributed by atoms with Crippen LogP contribution in [0, 0.1) is 11.6 Å². The molecule has 0 radical (unpaired) electrons. The summed E-state index contributed by atoms with van der Waals surface area (Å²) in [5, 5.41) is 2.37. The lowest BCUT2D eigenvalue weighted by molar-refractivity contribution is 0.0945. The first-order valence-corrected chi connectivity index (χ1v) is 11.0. The number of sulfonamides is 1. The molecule has 0 atom stereocenters. The first kappa shape index (κ1) is 21.2. The van der Waals surface area contributed by atoms with Gasteiger partial charge in [0, 0.05) is 38.4 Å². The van der Waals surface area contributed by atoms with E-state index in [1.807, 2.05) is 30.3 Å². The summed E-state index contributed by atoms with van der Waals surface area (Å²) >= 11 is 0. The molecular formula is C20H23F2N3O3S. The van der Waals surface area contributed by atoms with Crippen LogP contribution in [-0.2, 0) is 10.0 Å².